The Hall–Kier alpha value is -3.28. The van der Waals surface area contributed by atoms with Gasteiger partial charge in [-0.2, -0.15) is 5.10 Å². The fourth-order valence-electron chi connectivity index (χ4n) is 2.59. The van der Waals surface area contributed by atoms with Crippen LogP contribution in [0.4, 0.5) is 0 Å². The lowest BCUT2D eigenvalue weighted by Crippen LogP contribution is -2.24. The summed E-state index contributed by atoms with van der Waals surface area (Å²) in [5.74, 6) is 1.72. The van der Waals surface area contributed by atoms with Gasteiger partial charge in [-0.3, -0.25) is 4.79 Å². The summed E-state index contributed by atoms with van der Waals surface area (Å²) >= 11 is 0. The Labute approximate surface area is 178 Å². The van der Waals surface area contributed by atoms with Gasteiger partial charge in [-0.1, -0.05) is 38.1 Å². The molecule has 6 heteroatoms. The third-order valence-corrected chi connectivity index (χ3v) is 4.01. The summed E-state index contributed by atoms with van der Waals surface area (Å²) in [4.78, 5) is 12.1. The molecule has 0 fully saturated rings. The van der Waals surface area contributed by atoms with Gasteiger partial charge in [0.25, 0.3) is 5.91 Å². The molecule has 0 saturated carbocycles. The lowest BCUT2D eigenvalue weighted by atomic mass is 10.1. The van der Waals surface area contributed by atoms with Gasteiger partial charge >= 0.3 is 0 Å². The largest absolute Gasteiger partial charge is 0.493 e. The van der Waals surface area contributed by atoms with Crippen molar-refractivity contribution >= 4 is 12.1 Å². The Morgan fingerprint density at radius 3 is 2.57 bits per heavy atom. The van der Waals surface area contributed by atoms with Gasteiger partial charge in [0.15, 0.2) is 6.61 Å². The van der Waals surface area contributed by atoms with E-state index in [4.69, 9.17) is 14.2 Å². The number of nitrogens with zero attached hydrogens (tertiary/aromatic N) is 1. The zero-order valence-corrected chi connectivity index (χ0v) is 17.7. The van der Waals surface area contributed by atoms with Crippen LogP contribution in [0, 0.1) is 0 Å². The van der Waals surface area contributed by atoms with Crippen molar-refractivity contribution in [3.8, 4) is 17.2 Å². The molecule has 0 atom stereocenters. The molecule has 0 spiro atoms. The molecular weight excluding hydrogens is 380 g/mol. The number of amides is 1. The number of carbonyl (C=O) groups excluding carboxylic acids is 1. The second kappa shape index (κ2) is 13.0. The number of hydrogen-bond acceptors (Lipinski definition) is 5. The third kappa shape index (κ3) is 7.62. The minimum atomic E-state index is -0.349. The summed E-state index contributed by atoms with van der Waals surface area (Å²) < 4.78 is 17.1. The Morgan fingerprint density at radius 2 is 1.80 bits per heavy atom. The molecule has 1 amide bonds. The number of carbonyl (C=O) groups is 1. The van der Waals surface area contributed by atoms with Crippen LogP contribution in [0.15, 0.2) is 60.2 Å². The van der Waals surface area contributed by atoms with Crippen LogP contribution in [0.3, 0.4) is 0 Å². The van der Waals surface area contributed by atoms with Gasteiger partial charge in [-0.15, -0.1) is 6.58 Å². The number of benzene rings is 2. The van der Waals surface area contributed by atoms with Crippen LogP contribution in [-0.2, 0) is 11.2 Å². The lowest BCUT2D eigenvalue weighted by molar-refractivity contribution is -0.123. The third-order valence-electron chi connectivity index (χ3n) is 4.01. The normalized spacial score (nSPS) is 10.6. The van der Waals surface area contributed by atoms with Gasteiger partial charge in [-0.25, -0.2) is 5.43 Å². The molecule has 0 aromatic heterocycles. The first kappa shape index (κ1) is 23.0. The number of rotatable bonds is 13. The molecule has 0 saturated heterocycles. The summed E-state index contributed by atoms with van der Waals surface area (Å²) in [6.07, 6.45) is 5.84. The second-order valence-electron chi connectivity index (χ2n) is 6.58. The predicted molar refractivity (Wildman–Crippen MR) is 120 cm³/mol. The maximum absolute atomic E-state index is 12.1. The van der Waals surface area contributed by atoms with Crippen LogP contribution in [0.25, 0.3) is 0 Å². The molecule has 6 nitrogen and oxygen atoms in total. The van der Waals surface area contributed by atoms with Crippen LogP contribution >= 0.6 is 0 Å². The molecule has 0 aliphatic carbocycles. The highest BCUT2D eigenvalue weighted by Crippen LogP contribution is 2.24. The second-order valence-corrected chi connectivity index (χ2v) is 6.58. The topological polar surface area (TPSA) is 69.2 Å². The van der Waals surface area contributed by atoms with E-state index < -0.39 is 0 Å². The predicted octanol–water partition coefficient (Wildman–Crippen LogP) is 4.52. The molecule has 0 aliphatic rings. The fourth-order valence-corrected chi connectivity index (χ4v) is 2.59. The van der Waals surface area contributed by atoms with Crippen LogP contribution < -0.4 is 19.6 Å². The van der Waals surface area contributed by atoms with Gasteiger partial charge in [0, 0.05) is 11.6 Å². The van der Waals surface area contributed by atoms with Crippen LogP contribution in [0.2, 0.25) is 0 Å². The highest BCUT2D eigenvalue weighted by atomic mass is 16.5. The van der Waals surface area contributed by atoms with Crippen molar-refractivity contribution < 1.29 is 19.0 Å². The van der Waals surface area contributed by atoms with Crippen molar-refractivity contribution in [1.82, 2.24) is 5.43 Å². The van der Waals surface area contributed by atoms with E-state index in [1.54, 1.807) is 12.3 Å². The lowest BCUT2D eigenvalue weighted by Gasteiger charge is -2.11. The van der Waals surface area contributed by atoms with E-state index in [9.17, 15) is 4.79 Å². The van der Waals surface area contributed by atoms with Gasteiger partial charge in [-0.05, 0) is 43.0 Å². The molecule has 0 bridgehead atoms. The summed E-state index contributed by atoms with van der Waals surface area (Å²) in [5.41, 5.74) is 4.22. The van der Waals surface area contributed by atoms with Crippen molar-refractivity contribution in [3.63, 3.8) is 0 Å². The molecule has 160 valence electrons. The van der Waals surface area contributed by atoms with Crippen molar-refractivity contribution in [2.24, 2.45) is 5.10 Å². The standard InChI is InChI=1S/C24H30N2O4/c1-4-9-19-10-7-8-11-22(19)30-18-24(27)26-25-17-20-12-13-21(28-14-5-2)16-23(20)29-15-6-3/h4,7-8,10-13,16-17H,1,5-6,9,14-15,18H2,2-3H3,(H,26,27)/b25-17+. The van der Waals surface area contributed by atoms with E-state index in [-0.39, 0.29) is 12.5 Å². The average molecular weight is 411 g/mol. The average Bonchev–Trinajstić information content (AvgIpc) is 2.76. The number of nitrogens with one attached hydrogen (secondary N) is 1. The maximum Gasteiger partial charge on any atom is 0.277 e. The van der Waals surface area contributed by atoms with E-state index in [0.717, 1.165) is 29.7 Å². The highest BCUT2D eigenvalue weighted by Gasteiger charge is 2.07. The van der Waals surface area contributed by atoms with Gasteiger partial charge in [0.05, 0.1) is 19.4 Å². The van der Waals surface area contributed by atoms with E-state index in [1.165, 1.54) is 0 Å². The van der Waals surface area contributed by atoms with Crippen LogP contribution in [0.5, 0.6) is 17.2 Å². The number of hydrogen-bond donors (Lipinski definition) is 1. The van der Waals surface area contributed by atoms with Crippen molar-refractivity contribution in [2.45, 2.75) is 33.1 Å². The van der Waals surface area contributed by atoms with Crippen LogP contribution in [0.1, 0.15) is 37.8 Å². The molecule has 0 aliphatic heterocycles. The Kier molecular flexibility index (Phi) is 10.00. The molecular formula is C24H30N2O4. The molecule has 1 N–H and O–H groups in total. The van der Waals surface area contributed by atoms with Gasteiger partial charge in [0.1, 0.15) is 17.2 Å². The monoisotopic (exact) mass is 410 g/mol. The van der Waals surface area contributed by atoms with Crippen molar-refractivity contribution in [2.75, 3.05) is 19.8 Å². The first-order chi connectivity index (χ1) is 14.7. The zero-order chi connectivity index (χ0) is 21.6. The molecule has 2 aromatic rings. The first-order valence-electron chi connectivity index (χ1n) is 10.2. The summed E-state index contributed by atoms with van der Waals surface area (Å²) in [6, 6.07) is 13.1. The molecule has 2 aromatic carbocycles. The Morgan fingerprint density at radius 1 is 1.03 bits per heavy atom. The highest BCUT2D eigenvalue weighted by molar-refractivity contribution is 5.85. The summed E-state index contributed by atoms with van der Waals surface area (Å²) in [6.45, 7) is 8.93. The molecule has 0 heterocycles. The Balaban J connectivity index is 1.94. The molecule has 0 unspecified atom stereocenters. The van der Waals surface area contributed by atoms with Crippen LogP contribution in [-0.4, -0.2) is 31.9 Å². The quantitative estimate of drug-likeness (QED) is 0.299. The summed E-state index contributed by atoms with van der Waals surface area (Å²) in [7, 11) is 0. The van der Waals surface area contributed by atoms with E-state index in [2.05, 4.69) is 24.0 Å². The molecule has 2 rings (SSSR count). The smallest absolute Gasteiger partial charge is 0.277 e. The fraction of sp³-hybridized carbons (Fsp3) is 0.333. The first-order valence-corrected chi connectivity index (χ1v) is 10.2. The number of para-hydroxylation sites is 1. The van der Waals surface area contributed by atoms with Gasteiger partial charge < -0.3 is 14.2 Å². The minimum absolute atomic E-state index is 0.130. The number of ether oxygens (including phenoxy) is 3. The number of hydrazone groups is 1. The maximum atomic E-state index is 12.1. The van der Waals surface area contributed by atoms with Crippen molar-refractivity contribution in [1.29, 1.82) is 0 Å². The zero-order valence-electron chi connectivity index (χ0n) is 17.7. The van der Waals surface area contributed by atoms with Crippen molar-refractivity contribution in [3.05, 3.63) is 66.2 Å². The SMILES string of the molecule is C=CCc1ccccc1OCC(=O)N/N=C/c1ccc(OCCC)cc1OCCC. The molecule has 0 radical (unpaired) electrons. The van der Waals surface area contributed by atoms with E-state index in [0.29, 0.717) is 31.1 Å². The minimum Gasteiger partial charge on any atom is -0.493 e. The van der Waals surface area contributed by atoms with Gasteiger partial charge in [0.2, 0.25) is 0 Å². The van der Waals surface area contributed by atoms with E-state index >= 15 is 0 Å². The Bertz CT molecular complexity index is 849. The van der Waals surface area contributed by atoms with E-state index in [1.807, 2.05) is 49.4 Å². The molecule has 30 heavy (non-hydrogen) atoms. The number of allylic oxidation sites excluding steroid dienone is 1. The summed E-state index contributed by atoms with van der Waals surface area (Å²) in [5, 5.41) is 4.03.